The average molecular weight is 285 g/mol. The minimum absolute atomic E-state index is 0. The van der Waals surface area contributed by atoms with Crippen molar-refractivity contribution in [2.45, 2.75) is 24.8 Å². The molecule has 0 saturated carbocycles. The SMILES string of the molecule is NNN1CCCCC1(c1ccccc1)c1ccccc1.O. The van der Waals surface area contributed by atoms with Crippen molar-refractivity contribution in [3.8, 4) is 0 Å². The number of benzene rings is 2. The van der Waals surface area contributed by atoms with E-state index in [1.807, 2.05) is 0 Å². The number of nitrogens with one attached hydrogen (secondary N) is 1. The maximum absolute atomic E-state index is 5.83. The van der Waals surface area contributed by atoms with Crippen molar-refractivity contribution in [2.24, 2.45) is 5.84 Å². The molecule has 1 saturated heterocycles. The number of nitrogens with two attached hydrogens (primary N) is 1. The molecule has 0 atom stereocenters. The molecule has 0 unspecified atom stereocenters. The standard InChI is InChI=1S/C17H21N3.H2O/c18-19-20-14-8-7-13-17(20,15-9-3-1-4-10-15)16-11-5-2-6-12-16;/h1-6,9-12,19H,7-8,13-14,18H2;1H2. The minimum Gasteiger partial charge on any atom is -0.412 e. The van der Waals surface area contributed by atoms with Gasteiger partial charge < -0.3 is 5.48 Å². The molecule has 3 rings (SSSR count). The van der Waals surface area contributed by atoms with E-state index in [1.54, 1.807) is 0 Å². The largest absolute Gasteiger partial charge is 0.412 e. The minimum atomic E-state index is -0.171. The van der Waals surface area contributed by atoms with Crippen molar-refractivity contribution in [2.75, 3.05) is 6.54 Å². The zero-order valence-corrected chi connectivity index (χ0v) is 12.1. The maximum atomic E-state index is 5.83. The van der Waals surface area contributed by atoms with Crippen LogP contribution in [0.25, 0.3) is 0 Å². The molecule has 4 nitrogen and oxygen atoms in total. The van der Waals surface area contributed by atoms with Crippen molar-refractivity contribution in [3.05, 3.63) is 71.8 Å². The summed E-state index contributed by atoms with van der Waals surface area (Å²) in [7, 11) is 0. The molecular weight excluding hydrogens is 262 g/mol. The Morgan fingerprint density at radius 1 is 0.857 bits per heavy atom. The molecule has 0 aromatic heterocycles. The van der Waals surface area contributed by atoms with E-state index in [2.05, 4.69) is 71.2 Å². The summed E-state index contributed by atoms with van der Waals surface area (Å²) < 4.78 is 0. The quantitative estimate of drug-likeness (QED) is 0.669. The summed E-state index contributed by atoms with van der Waals surface area (Å²) in [6.07, 6.45) is 3.46. The smallest absolute Gasteiger partial charge is 0.0864 e. The molecule has 0 bridgehead atoms. The molecule has 112 valence electrons. The topological polar surface area (TPSA) is 72.8 Å². The molecule has 1 aliphatic rings. The van der Waals surface area contributed by atoms with Crippen LogP contribution in [0.1, 0.15) is 30.4 Å². The molecule has 1 fully saturated rings. The van der Waals surface area contributed by atoms with Gasteiger partial charge in [0.1, 0.15) is 0 Å². The highest BCUT2D eigenvalue weighted by molar-refractivity contribution is 5.38. The average Bonchev–Trinajstić information content (AvgIpc) is 2.56. The number of hydrogen-bond acceptors (Lipinski definition) is 3. The van der Waals surface area contributed by atoms with E-state index in [9.17, 15) is 0 Å². The lowest BCUT2D eigenvalue weighted by molar-refractivity contribution is 0.0240. The molecule has 2 aromatic carbocycles. The normalized spacial score (nSPS) is 18.0. The van der Waals surface area contributed by atoms with Gasteiger partial charge in [0.15, 0.2) is 0 Å². The van der Waals surface area contributed by atoms with Gasteiger partial charge >= 0.3 is 0 Å². The Labute approximate surface area is 125 Å². The van der Waals surface area contributed by atoms with Crippen LogP contribution in [0, 0.1) is 0 Å². The molecule has 21 heavy (non-hydrogen) atoms. The van der Waals surface area contributed by atoms with Crippen molar-refractivity contribution in [1.82, 2.24) is 10.5 Å². The van der Waals surface area contributed by atoms with Gasteiger partial charge in [0, 0.05) is 6.54 Å². The highest BCUT2D eigenvalue weighted by atomic mass is 16.0. The third kappa shape index (κ3) is 2.71. The molecule has 0 aliphatic carbocycles. The highest BCUT2D eigenvalue weighted by Crippen LogP contribution is 2.41. The van der Waals surface area contributed by atoms with Crippen molar-refractivity contribution < 1.29 is 5.48 Å². The van der Waals surface area contributed by atoms with Crippen molar-refractivity contribution in [3.63, 3.8) is 0 Å². The van der Waals surface area contributed by atoms with E-state index in [0.717, 1.165) is 13.0 Å². The van der Waals surface area contributed by atoms with Crippen LogP contribution in [-0.4, -0.2) is 17.0 Å². The monoisotopic (exact) mass is 285 g/mol. The number of rotatable bonds is 3. The Hall–Kier alpha value is -1.72. The van der Waals surface area contributed by atoms with Crippen LogP contribution < -0.4 is 11.4 Å². The third-order valence-electron chi connectivity index (χ3n) is 4.29. The molecule has 2 aromatic rings. The summed E-state index contributed by atoms with van der Waals surface area (Å²) in [5.41, 5.74) is 5.34. The number of piperidine rings is 1. The summed E-state index contributed by atoms with van der Waals surface area (Å²) in [5, 5.41) is 2.18. The summed E-state index contributed by atoms with van der Waals surface area (Å²) in [6, 6.07) is 21.3. The van der Waals surface area contributed by atoms with Crippen LogP contribution in [-0.2, 0) is 5.54 Å². The van der Waals surface area contributed by atoms with Crippen LogP contribution in [0.2, 0.25) is 0 Å². The van der Waals surface area contributed by atoms with E-state index in [1.165, 1.54) is 24.0 Å². The first kappa shape index (κ1) is 15.7. The number of nitrogens with zero attached hydrogens (tertiary/aromatic N) is 1. The van der Waals surface area contributed by atoms with Gasteiger partial charge in [-0.25, -0.2) is 5.01 Å². The molecule has 4 heteroatoms. The molecule has 1 aliphatic heterocycles. The van der Waals surface area contributed by atoms with Gasteiger partial charge in [-0.05, 0) is 30.4 Å². The van der Waals surface area contributed by atoms with Crippen LogP contribution in [0.5, 0.6) is 0 Å². The Balaban J connectivity index is 0.00000161. The van der Waals surface area contributed by atoms with Crippen LogP contribution >= 0.6 is 0 Å². The zero-order valence-electron chi connectivity index (χ0n) is 12.1. The summed E-state index contributed by atoms with van der Waals surface area (Å²) in [5.74, 6) is 5.83. The van der Waals surface area contributed by atoms with Gasteiger partial charge in [-0.2, -0.15) is 5.53 Å². The predicted octanol–water partition coefficient (Wildman–Crippen LogP) is 1.97. The first-order chi connectivity index (χ1) is 9.88. The van der Waals surface area contributed by atoms with Gasteiger partial charge in [0.25, 0.3) is 0 Å². The van der Waals surface area contributed by atoms with Gasteiger partial charge in [-0.1, -0.05) is 60.7 Å². The second kappa shape index (κ2) is 6.83. The molecule has 0 spiro atoms. The van der Waals surface area contributed by atoms with Crippen LogP contribution in [0.4, 0.5) is 0 Å². The highest BCUT2D eigenvalue weighted by Gasteiger charge is 2.41. The Bertz CT molecular complexity index is 505. The molecule has 0 radical (unpaired) electrons. The van der Waals surface area contributed by atoms with Gasteiger partial charge in [0.05, 0.1) is 5.54 Å². The zero-order chi connectivity index (χ0) is 13.8. The van der Waals surface area contributed by atoms with Gasteiger partial charge in [-0.15, -0.1) is 0 Å². The fraction of sp³-hybridized carbons (Fsp3) is 0.294. The van der Waals surface area contributed by atoms with E-state index in [4.69, 9.17) is 5.84 Å². The van der Waals surface area contributed by atoms with Gasteiger partial charge in [0.2, 0.25) is 0 Å². The van der Waals surface area contributed by atoms with Crippen molar-refractivity contribution >= 4 is 0 Å². The summed E-state index contributed by atoms with van der Waals surface area (Å²) in [4.78, 5) is 0. The first-order valence-corrected chi connectivity index (χ1v) is 7.23. The molecule has 1 heterocycles. The van der Waals surface area contributed by atoms with Crippen LogP contribution in [0.3, 0.4) is 0 Å². The Kier molecular flexibility index (Phi) is 5.09. The fourth-order valence-corrected chi connectivity index (χ4v) is 3.35. The Morgan fingerprint density at radius 3 is 1.86 bits per heavy atom. The third-order valence-corrected chi connectivity index (χ3v) is 4.29. The first-order valence-electron chi connectivity index (χ1n) is 7.23. The number of hydrogen-bond donors (Lipinski definition) is 2. The van der Waals surface area contributed by atoms with Crippen molar-refractivity contribution in [1.29, 1.82) is 0 Å². The van der Waals surface area contributed by atoms with Gasteiger partial charge in [-0.3, -0.25) is 5.84 Å². The lowest BCUT2D eigenvalue weighted by Crippen LogP contribution is -2.58. The van der Waals surface area contributed by atoms with E-state index in [0.29, 0.717) is 0 Å². The maximum Gasteiger partial charge on any atom is 0.0864 e. The Morgan fingerprint density at radius 2 is 1.38 bits per heavy atom. The predicted molar refractivity (Wildman–Crippen MR) is 85.2 cm³/mol. The summed E-state index contributed by atoms with van der Waals surface area (Å²) in [6.45, 7) is 0.959. The van der Waals surface area contributed by atoms with E-state index in [-0.39, 0.29) is 11.0 Å². The lowest BCUT2D eigenvalue weighted by atomic mass is 9.76. The molecule has 0 amide bonds. The van der Waals surface area contributed by atoms with Crippen LogP contribution in [0.15, 0.2) is 60.7 Å². The fourth-order valence-electron chi connectivity index (χ4n) is 3.35. The van der Waals surface area contributed by atoms with E-state index < -0.39 is 0 Å². The molecule has 5 N–H and O–H groups in total. The second-order valence-corrected chi connectivity index (χ2v) is 5.33. The van der Waals surface area contributed by atoms with E-state index >= 15 is 0 Å². The second-order valence-electron chi connectivity index (χ2n) is 5.33. The number of hydrazine groups is 2. The lowest BCUT2D eigenvalue weighted by Gasteiger charge is -2.47. The molecular formula is C17H23N3O. The summed E-state index contributed by atoms with van der Waals surface area (Å²) >= 11 is 0.